The summed E-state index contributed by atoms with van der Waals surface area (Å²) in [7, 11) is 0. The van der Waals surface area contributed by atoms with E-state index < -0.39 is 12.1 Å². The number of benzene rings is 1. The molecule has 2 N–H and O–H groups in total. The molecule has 2 atom stereocenters. The van der Waals surface area contributed by atoms with E-state index in [1.54, 1.807) is 0 Å². The Morgan fingerprint density at radius 3 is 2.63 bits per heavy atom. The second-order valence-corrected chi connectivity index (χ2v) is 7.17. The number of aliphatic hydroxyl groups excluding tert-OH is 1. The van der Waals surface area contributed by atoms with Crippen molar-refractivity contribution in [3.8, 4) is 5.75 Å². The van der Waals surface area contributed by atoms with Crippen molar-refractivity contribution in [2.45, 2.75) is 63.9 Å². The molecule has 0 radical (unpaired) electrons. The first-order valence-electron chi connectivity index (χ1n) is 9.85. The molecule has 0 bridgehead atoms. The van der Waals surface area contributed by atoms with Crippen molar-refractivity contribution < 1.29 is 24.5 Å². The van der Waals surface area contributed by atoms with E-state index in [-0.39, 0.29) is 24.7 Å². The average Bonchev–Trinajstić information content (AvgIpc) is 3.01. The largest absolute Gasteiger partial charge is 0.491 e. The molecule has 0 spiro atoms. The Bertz CT molecular complexity index is 623. The summed E-state index contributed by atoms with van der Waals surface area (Å²) in [5, 5.41) is 18.8. The average molecular weight is 374 g/mol. The number of carbonyl (C=O) groups is 2. The van der Waals surface area contributed by atoms with E-state index in [0.717, 1.165) is 43.4 Å². The summed E-state index contributed by atoms with van der Waals surface area (Å²) >= 11 is 0. The van der Waals surface area contributed by atoms with Gasteiger partial charge in [-0.15, -0.1) is 0 Å². The van der Waals surface area contributed by atoms with Crippen LogP contribution in [0.25, 0.3) is 0 Å². The van der Waals surface area contributed by atoms with Crippen molar-refractivity contribution in [2.75, 3.05) is 6.61 Å². The number of hydrogen-bond donors (Lipinski definition) is 2. The Morgan fingerprint density at radius 2 is 1.89 bits per heavy atom. The Labute approximate surface area is 161 Å². The fourth-order valence-corrected chi connectivity index (χ4v) is 3.45. The molecule has 0 aromatic heterocycles. The van der Waals surface area contributed by atoms with Crippen LogP contribution in [0.4, 0.5) is 0 Å². The van der Waals surface area contributed by atoms with Crippen molar-refractivity contribution in [2.24, 2.45) is 5.92 Å². The maximum atomic E-state index is 12.1. The van der Waals surface area contributed by atoms with Crippen LogP contribution in [0.5, 0.6) is 5.75 Å². The van der Waals surface area contributed by atoms with E-state index in [1.807, 2.05) is 36.4 Å². The highest BCUT2D eigenvalue weighted by atomic mass is 16.5. The zero-order valence-corrected chi connectivity index (χ0v) is 15.8. The maximum Gasteiger partial charge on any atom is 0.303 e. The summed E-state index contributed by atoms with van der Waals surface area (Å²) < 4.78 is 5.57. The number of ether oxygens (including phenoxy) is 1. The number of Topliss-reactive ketones (excluding diaryl/α,β-unsaturated/α-hetero) is 1. The molecule has 0 fully saturated rings. The van der Waals surface area contributed by atoms with Gasteiger partial charge in [-0.25, -0.2) is 0 Å². The highest BCUT2D eigenvalue weighted by Crippen LogP contribution is 2.31. The normalized spacial score (nSPS) is 17.6. The predicted molar refractivity (Wildman–Crippen MR) is 104 cm³/mol. The van der Waals surface area contributed by atoms with E-state index in [1.165, 1.54) is 0 Å². The summed E-state index contributed by atoms with van der Waals surface area (Å²) in [5.41, 5.74) is 1.14. The summed E-state index contributed by atoms with van der Waals surface area (Å²) in [4.78, 5) is 22.6. The van der Waals surface area contributed by atoms with Gasteiger partial charge in [-0.3, -0.25) is 9.59 Å². The number of para-hydroxylation sites is 1. The molecule has 0 heterocycles. The van der Waals surface area contributed by atoms with Crippen LogP contribution >= 0.6 is 0 Å². The smallest absolute Gasteiger partial charge is 0.303 e. The third kappa shape index (κ3) is 7.95. The fraction of sp³-hybridized carbons (Fsp3) is 0.545. The van der Waals surface area contributed by atoms with Crippen LogP contribution in [0.15, 0.2) is 42.0 Å². The number of rotatable bonds is 13. The Hall–Kier alpha value is -2.14. The van der Waals surface area contributed by atoms with Gasteiger partial charge in [0.05, 0.1) is 6.10 Å². The van der Waals surface area contributed by atoms with Gasteiger partial charge in [0.1, 0.15) is 18.1 Å². The molecule has 148 valence electrons. The molecule has 0 aliphatic heterocycles. The van der Waals surface area contributed by atoms with Gasteiger partial charge in [-0.05, 0) is 37.8 Å². The van der Waals surface area contributed by atoms with Crippen LogP contribution in [0.1, 0.15) is 57.8 Å². The standard InChI is InChI=1S/C22H30O5/c23-18(16-27-19-8-4-3-5-9-19)14-12-17-13-15-21(24)20(17)10-6-1-2-7-11-22(25)26/h3-5,8-9,13,18,20,23H,1-2,6-7,10-12,14-16H2,(H,25,26)/t18-,20+/m0/s1. The van der Waals surface area contributed by atoms with E-state index in [4.69, 9.17) is 9.84 Å². The SMILES string of the molecule is O=C(O)CCCCCC[C@H]1C(=O)CC=C1CC[C@H](O)COc1ccccc1. The molecule has 0 saturated carbocycles. The van der Waals surface area contributed by atoms with Gasteiger partial charge < -0.3 is 14.9 Å². The lowest BCUT2D eigenvalue weighted by atomic mass is 9.90. The maximum absolute atomic E-state index is 12.1. The number of aliphatic carboxylic acids is 1. The van der Waals surface area contributed by atoms with Crippen molar-refractivity contribution in [1.29, 1.82) is 0 Å². The monoisotopic (exact) mass is 374 g/mol. The molecule has 0 amide bonds. The van der Waals surface area contributed by atoms with Gasteiger partial charge in [-0.1, -0.05) is 49.1 Å². The van der Waals surface area contributed by atoms with E-state index in [0.29, 0.717) is 19.3 Å². The number of carboxylic acid groups (broad SMARTS) is 1. The lowest BCUT2D eigenvalue weighted by Crippen LogP contribution is -2.19. The van der Waals surface area contributed by atoms with E-state index in [9.17, 15) is 14.7 Å². The number of hydrogen-bond acceptors (Lipinski definition) is 4. The third-order valence-electron chi connectivity index (χ3n) is 4.99. The number of allylic oxidation sites excluding steroid dienone is 2. The lowest BCUT2D eigenvalue weighted by Gasteiger charge is -2.16. The van der Waals surface area contributed by atoms with Crippen molar-refractivity contribution in [3.63, 3.8) is 0 Å². The molecular formula is C22H30O5. The summed E-state index contributed by atoms with van der Waals surface area (Å²) in [6.07, 6.45) is 7.79. The Balaban J connectivity index is 1.65. The van der Waals surface area contributed by atoms with Crippen molar-refractivity contribution in [1.82, 2.24) is 0 Å². The van der Waals surface area contributed by atoms with Crippen LogP contribution < -0.4 is 4.74 Å². The van der Waals surface area contributed by atoms with Crippen LogP contribution in [0.3, 0.4) is 0 Å². The summed E-state index contributed by atoms with van der Waals surface area (Å²) in [6, 6.07) is 9.42. The number of unbranched alkanes of at least 4 members (excludes halogenated alkanes) is 3. The van der Waals surface area contributed by atoms with Gasteiger partial charge in [0.25, 0.3) is 0 Å². The Morgan fingerprint density at radius 1 is 1.15 bits per heavy atom. The molecule has 1 aromatic carbocycles. The van der Waals surface area contributed by atoms with Crippen molar-refractivity contribution in [3.05, 3.63) is 42.0 Å². The highest BCUT2D eigenvalue weighted by molar-refractivity contribution is 5.88. The topological polar surface area (TPSA) is 83.8 Å². The predicted octanol–water partition coefficient (Wildman–Crippen LogP) is 4.15. The number of aliphatic hydroxyl groups is 1. The zero-order chi connectivity index (χ0) is 19.5. The van der Waals surface area contributed by atoms with Crippen molar-refractivity contribution >= 4 is 11.8 Å². The first-order valence-corrected chi connectivity index (χ1v) is 9.85. The summed E-state index contributed by atoms with van der Waals surface area (Å²) in [5.74, 6) is 0.242. The molecule has 0 saturated heterocycles. The van der Waals surface area contributed by atoms with Gasteiger partial charge in [0.2, 0.25) is 0 Å². The van der Waals surface area contributed by atoms with Crippen LogP contribution in [0, 0.1) is 5.92 Å². The molecule has 1 aromatic rings. The minimum absolute atomic E-state index is 0.0216. The number of ketones is 1. The molecule has 5 heteroatoms. The van der Waals surface area contributed by atoms with Gasteiger partial charge in [0, 0.05) is 18.8 Å². The molecule has 27 heavy (non-hydrogen) atoms. The van der Waals surface area contributed by atoms with Gasteiger partial charge in [0.15, 0.2) is 0 Å². The highest BCUT2D eigenvalue weighted by Gasteiger charge is 2.27. The first-order chi connectivity index (χ1) is 13.1. The number of carbonyl (C=O) groups excluding carboxylic acids is 1. The molecule has 1 aliphatic rings. The quantitative estimate of drug-likeness (QED) is 0.400. The molecule has 2 rings (SSSR count). The minimum Gasteiger partial charge on any atom is -0.491 e. The van der Waals surface area contributed by atoms with Crippen LogP contribution in [0.2, 0.25) is 0 Å². The van der Waals surface area contributed by atoms with Gasteiger partial charge >= 0.3 is 5.97 Å². The minimum atomic E-state index is -0.749. The molecule has 5 nitrogen and oxygen atoms in total. The molecular weight excluding hydrogens is 344 g/mol. The number of carboxylic acids is 1. The van der Waals surface area contributed by atoms with E-state index >= 15 is 0 Å². The van der Waals surface area contributed by atoms with E-state index in [2.05, 4.69) is 0 Å². The summed E-state index contributed by atoms with van der Waals surface area (Å²) in [6.45, 7) is 0.249. The lowest BCUT2D eigenvalue weighted by molar-refractivity contribution is -0.137. The molecule has 1 aliphatic carbocycles. The van der Waals surface area contributed by atoms with Crippen LogP contribution in [-0.2, 0) is 9.59 Å². The molecule has 0 unspecified atom stereocenters. The van der Waals surface area contributed by atoms with Crippen LogP contribution in [-0.4, -0.2) is 34.7 Å². The zero-order valence-electron chi connectivity index (χ0n) is 15.8. The Kier molecular flexibility index (Phi) is 9.05. The van der Waals surface area contributed by atoms with Gasteiger partial charge in [-0.2, -0.15) is 0 Å². The second kappa shape index (κ2) is 11.5. The third-order valence-corrected chi connectivity index (χ3v) is 4.99. The second-order valence-electron chi connectivity index (χ2n) is 7.17. The fourth-order valence-electron chi connectivity index (χ4n) is 3.45. The first kappa shape index (κ1) is 21.2.